The number of methoxy groups -OCH3 is 4. The van der Waals surface area contributed by atoms with Crippen molar-refractivity contribution < 1.29 is 23.7 Å². The third-order valence-electron chi connectivity index (χ3n) is 3.81. The zero-order valence-electron chi connectivity index (χ0n) is 14.4. The van der Waals surface area contributed by atoms with E-state index in [1.807, 2.05) is 18.2 Å². The van der Waals surface area contributed by atoms with Gasteiger partial charge in [-0.05, 0) is 17.7 Å². The van der Waals surface area contributed by atoms with E-state index in [9.17, 15) is 4.79 Å². The summed E-state index contributed by atoms with van der Waals surface area (Å²) in [7, 11) is 6.23. The number of carbonyl (C=O) groups excluding carboxylic acids is 1. The highest BCUT2D eigenvalue weighted by Crippen LogP contribution is 2.40. The van der Waals surface area contributed by atoms with Crippen LogP contribution in [-0.2, 0) is 4.74 Å². The summed E-state index contributed by atoms with van der Waals surface area (Å²) in [5, 5.41) is 0. The number of hydrogen-bond donors (Lipinski definition) is 0. The van der Waals surface area contributed by atoms with Crippen LogP contribution in [0.4, 0.5) is 0 Å². The predicted octanol–water partition coefficient (Wildman–Crippen LogP) is 3.67. The highest BCUT2D eigenvalue weighted by molar-refractivity contribution is 5.96. The Labute approximate surface area is 142 Å². The molecule has 0 N–H and O–H groups in total. The van der Waals surface area contributed by atoms with Crippen LogP contribution in [0, 0.1) is 0 Å². The summed E-state index contributed by atoms with van der Waals surface area (Å²) in [4.78, 5) is 12.5. The zero-order valence-corrected chi connectivity index (χ0v) is 14.4. The number of ether oxygens (including phenoxy) is 4. The maximum Gasteiger partial charge on any atom is 0.203 e. The van der Waals surface area contributed by atoms with Crippen molar-refractivity contribution >= 4 is 5.78 Å². The molecule has 2 aromatic rings. The molecule has 5 heteroatoms. The van der Waals surface area contributed by atoms with E-state index in [-0.39, 0.29) is 12.2 Å². The van der Waals surface area contributed by atoms with Gasteiger partial charge in [-0.15, -0.1) is 0 Å². The molecular weight excluding hydrogens is 308 g/mol. The zero-order chi connectivity index (χ0) is 17.5. The Kier molecular flexibility index (Phi) is 6.21. The van der Waals surface area contributed by atoms with Crippen molar-refractivity contribution in [3.05, 3.63) is 53.6 Å². The van der Waals surface area contributed by atoms with E-state index in [1.165, 1.54) is 0 Å². The summed E-state index contributed by atoms with van der Waals surface area (Å²) < 4.78 is 21.6. The minimum atomic E-state index is -0.411. The Morgan fingerprint density at radius 3 is 1.96 bits per heavy atom. The molecule has 0 aliphatic heterocycles. The van der Waals surface area contributed by atoms with E-state index >= 15 is 0 Å². The van der Waals surface area contributed by atoms with Crippen LogP contribution in [0.15, 0.2) is 42.5 Å². The Bertz CT molecular complexity index is 656. The summed E-state index contributed by atoms with van der Waals surface area (Å²) in [6.07, 6.45) is -0.189. The van der Waals surface area contributed by atoms with Crippen LogP contribution in [0.1, 0.15) is 28.4 Å². The van der Waals surface area contributed by atoms with Gasteiger partial charge in [0.05, 0.1) is 27.4 Å². The van der Waals surface area contributed by atoms with Crippen molar-refractivity contribution in [3.8, 4) is 17.2 Å². The van der Waals surface area contributed by atoms with Crippen LogP contribution in [0.2, 0.25) is 0 Å². The number of benzene rings is 2. The van der Waals surface area contributed by atoms with Crippen molar-refractivity contribution in [1.82, 2.24) is 0 Å². The summed E-state index contributed by atoms with van der Waals surface area (Å²) >= 11 is 0. The summed E-state index contributed by atoms with van der Waals surface area (Å²) in [5.41, 5.74) is 1.45. The van der Waals surface area contributed by atoms with E-state index < -0.39 is 6.10 Å². The smallest absolute Gasteiger partial charge is 0.203 e. The third-order valence-corrected chi connectivity index (χ3v) is 3.81. The Balaban J connectivity index is 2.31. The number of rotatable bonds is 8. The van der Waals surface area contributed by atoms with Crippen LogP contribution >= 0.6 is 0 Å². The van der Waals surface area contributed by atoms with E-state index in [0.717, 1.165) is 5.56 Å². The summed E-state index contributed by atoms with van der Waals surface area (Å²) in [6.45, 7) is 0. The minimum absolute atomic E-state index is 0.0104. The van der Waals surface area contributed by atoms with Gasteiger partial charge in [-0.3, -0.25) is 4.79 Å². The lowest BCUT2D eigenvalue weighted by molar-refractivity contribution is 0.0728. The predicted molar refractivity (Wildman–Crippen MR) is 91.2 cm³/mol. The first-order chi connectivity index (χ1) is 11.6. The lowest BCUT2D eigenvalue weighted by atomic mass is 9.99. The van der Waals surface area contributed by atoms with Gasteiger partial charge in [0.25, 0.3) is 0 Å². The van der Waals surface area contributed by atoms with E-state index in [2.05, 4.69) is 0 Å². The van der Waals surface area contributed by atoms with Gasteiger partial charge in [0.15, 0.2) is 17.3 Å². The van der Waals surface area contributed by atoms with Gasteiger partial charge in [0, 0.05) is 19.1 Å². The average molecular weight is 330 g/mol. The Hall–Kier alpha value is -2.53. The molecule has 0 fully saturated rings. The van der Waals surface area contributed by atoms with Gasteiger partial charge >= 0.3 is 0 Å². The SMILES string of the molecule is COc1cc(C(CC(=O)c2ccccc2)OC)cc(OC)c1OC. The monoisotopic (exact) mass is 330 g/mol. The van der Waals surface area contributed by atoms with E-state index in [4.69, 9.17) is 18.9 Å². The lowest BCUT2D eigenvalue weighted by Crippen LogP contribution is -2.10. The minimum Gasteiger partial charge on any atom is -0.493 e. The maximum absolute atomic E-state index is 12.5. The standard InChI is InChI=1S/C19H22O5/c1-21-16(12-15(20)13-8-6-5-7-9-13)14-10-17(22-2)19(24-4)18(11-14)23-3/h5-11,16H,12H2,1-4H3. The van der Waals surface area contributed by atoms with Gasteiger partial charge in [0.1, 0.15) is 0 Å². The fourth-order valence-electron chi connectivity index (χ4n) is 2.53. The molecule has 0 saturated heterocycles. The molecule has 1 unspecified atom stereocenters. The fraction of sp³-hybridized carbons (Fsp3) is 0.316. The van der Waals surface area contributed by atoms with Gasteiger partial charge < -0.3 is 18.9 Å². The third kappa shape index (κ3) is 3.86. The second-order valence-corrected chi connectivity index (χ2v) is 5.18. The van der Waals surface area contributed by atoms with Crippen molar-refractivity contribution in [3.63, 3.8) is 0 Å². The molecule has 2 aromatic carbocycles. The molecule has 0 aliphatic carbocycles. The normalized spacial score (nSPS) is 11.7. The largest absolute Gasteiger partial charge is 0.493 e. The topological polar surface area (TPSA) is 54.0 Å². The molecule has 0 radical (unpaired) electrons. The number of Topliss-reactive ketones (excluding diaryl/α,β-unsaturated/α-hetero) is 1. The van der Waals surface area contributed by atoms with Crippen molar-refractivity contribution in [1.29, 1.82) is 0 Å². The average Bonchev–Trinajstić information content (AvgIpc) is 2.65. The summed E-state index contributed by atoms with van der Waals surface area (Å²) in [5.74, 6) is 1.58. The quantitative estimate of drug-likeness (QED) is 0.691. The molecule has 0 saturated carbocycles. The molecule has 0 heterocycles. The molecule has 24 heavy (non-hydrogen) atoms. The summed E-state index contributed by atoms with van der Waals surface area (Å²) in [6, 6.07) is 12.8. The van der Waals surface area contributed by atoms with Crippen LogP contribution < -0.4 is 14.2 Å². The first-order valence-corrected chi connectivity index (χ1v) is 7.55. The maximum atomic E-state index is 12.5. The van der Waals surface area contributed by atoms with Gasteiger partial charge in [-0.25, -0.2) is 0 Å². The van der Waals surface area contributed by atoms with E-state index in [1.54, 1.807) is 52.7 Å². The molecule has 0 aromatic heterocycles. The van der Waals surface area contributed by atoms with Gasteiger partial charge in [-0.1, -0.05) is 30.3 Å². The second kappa shape index (κ2) is 8.36. The molecule has 0 bridgehead atoms. The van der Waals surface area contributed by atoms with Crippen molar-refractivity contribution in [2.45, 2.75) is 12.5 Å². The van der Waals surface area contributed by atoms with Crippen LogP contribution in [0.3, 0.4) is 0 Å². The van der Waals surface area contributed by atoms with Crippen molar-refractivity contribution in [2.75, 3.05) is 28.4 Å². The van der Waals surface area contributed by atoms with Gasteiger partial charge in [-0.2, -0.15) is 0 Å². The highest BCUT2D eigenvalue weighted by atomic mass is 16.5. The highest BCUT2D eigenvalue weighted by Gasteiger charge is 2.21. The van der Waals surface area contributed by atoms with Crippen LogP contribution in [-0.4, -0.2) is 34.2 Å². The van der Waals surface area contributed by atoms with Crippen LogP contribution in [0.5, 0.6) is 17.2 Å². The first-order valence-electron chi connectivity index (χ1n) is 7.55. The molecule has 0 aliphatic rings. The Morgan fingerprint density at radius 2 is 1.50 bits per heavy atom. The molecule has 2 rings (SSSR count). The van der Waals surface area contributed by atoms with Crippen molar-refractivity contribution in [2.24, 2.45) is 0 Å². The molecular formula is C19H22O5. The molecule has 0 amide bonds. The molecule has 0 spiro atoms. The first kappa shape index (κ1) is 17.8. The number of carbonyl (C=O) groups is 1. The molecule has 1 atom stereocenters. The number of hydrogen-bond acceptors (Lipinski definition) is 5. The van der Waals surface area contributed by atoms with Crippen LogP contribution in [0.25, 0.3) is 0 Å². The molecule has 128 valence electrons. The molecule has 5 nitrogen and oxygen atoms in total. The van der Waals surface area contributed by atoms with E-state index in [0.29, 0.717) is 22.8 Å². The second-order valence-electron chi connectivity index (χ2n) is 5.18. The number of ketones is 1. The van der Waals surface area contributed by atoms with Gasteiger partial charge in [0.2, 0.25) is 5.75 Å². The fourth-order valence-corrected chi connectivity index (χ4v) is 2.53. The lowest BCUT2D eigenvalue weighted by Gasteiger charge is -2.19. The Morgan fingerprint density at radius 1 is 0.917 bits per heavy atom.